The first kappa shape index (κ1) is 17.3. The first-order valence-electron chi connectivity index (χ1n) is 8.45. The third-order valence-electron chi connectivity index (χ3n) is 4.56. The van der Waals surface area contributed by atoms with Crippen LogP contribution in [0.4, 0.5) is 10.8 Å². The topological polar surface area (TPSA) is 97.5 Å². The van der Waals surface area contributed by atoms with E-state index in [1.807, 2.05) is 18.2 Å². The number of amides is 2. The molecule has 0 bridgehead atoms. The van der Waals surface area contributed by atoms with E-state index >= 15 is 0 Å². The Bertz CT molecular complexity index is 1030. The molecule has 138 valence electrons. The molecule has 0 radical (unpaired) electrons. The van der Waals surface area contributed by atoms with E-state index in [2.05, 4.69) is 15.2 Å². The Balaban J connectivity index is 1.44. The van der Waals surface area contributed by atoms with E-state index in [1.54, 1.807) is 42.7 Å². The van der Waals surface area contributed by atoms with Gasteiger partial charge < -0.3 is 20.7 Å². The normalized spacial score (nSPS) is 14.0. The van der Waals surface area contributed by atoms with Gasteiger partial charge in [0.2, 0.25) is 5.91 Å². The van der Waals surface area contributed by atoms with Gasteiger partial charge in [-0.05, 0) is 24.3 Å². The third kappa shape index (κ3) is 3.19. The number of carbonyl (C=O) groups is 2. The minimum atomic E-state index is -0.565. The predicted octanol–water partition coefficient (Wildman–Crippen LogP) is 2.48. The van der Waals surface area contributed by atoms with Crippen LogP contribution in [-0.4, -0.2) is 37.0 Å². The van der Waals surface area contributed by atoms with E-state index in [0.29, 0.717) is 24.3 Å². The smallest absolute Gasteiger partial charge is 0.250 e. The lowest BCUT2D eigenvalue weighted by Gasteiger charge is -2.38. The molecule has 0 unspecified atom stereocenters. The van der Waals surface area contributed by atoms with Crippen LogP contribution in [0.15, 0.2) is 42.5 Å². The Morgan fingerprint density at radius 3 is 2.74 bits per heavy atom. The number of nitrogens with two attached hydrogens (primary N) is 1. The van der Waals surface area contributed by atoms with Crippen molar-refractivity contribution in [3.05, 3.63) is 48.0 Å². The summed E-state index contributed by atoms with van der Waals surface area (Å²) in [5.74, 6) is -0.115. The number of primary amides is 1. The Morgan fingerprint density at radius 1 is 1.22 bits per heavy atom. The number of nitrogens with zero attached hydrogens (tertiary/aromatic N) is 2. The number of anilines is 2. The SMILES string of the molecule is COc1cccc2sc(N3CC(C(=O)Nc4ccccc4C(N)=O)C3)nc12. The molecule has 3 aromatic rings. The minimum absolute atomic E-state index is 0.126. The van der Waals surface area contributed by atoms with E-state index in [4.69, 9.17) is 10.5 Å². The first-order chi connectivity index (χ1) is 13.1. The number of para-hydroxylation sites is 2. The van der Waals surface area contributed by atoms with E-state index < -0.39 is 5.91 Å². The molecule has 2 amide bonds. The van der Waals surface area contributed by atoms with Crippen LogP contribution in [0.2, 0.25) is 0 Å². The van der Waals surface area contributed by atoms with Crippen LogP contribution in [0, 0.1) is 5.92 Å². The number of rotatable bonds is 5. The van der Waals surface area contributed by atoms with Crippen molar-refractivity contribution in [3.63, 3.8) is 0 Å². The maximum Gasteiger partial charge on any atom is 0.250 e. The van der Waals surface area contributed by atoms with E-state index in [1.165, 1.54) is 0 Å². The van der Waals surface area contributed by atoms with Crippen molar-refractivity contribution in [2.45, 2.75) is 0 Å². The minimum Gasteiger partial charge on any atom is -0.494 e. The van der Waals surface area contributed by atoms with Crippen molar-refractivity contribution in [2.75, 3.05) is 30.4 Å². The molecule has 1 aromatic heterocycles. The molecule has 1 aliphatic heterocycles. The maximum absolute atomic E-state index is 12.5. The summed E-state index contributed by atoms with van der Waals surface area (Å²) in [5, 5.41) is 3.68. The van der Waals surface area contributed by atoms with Crippen molar-refractivity contribution >= 4 is 44.2 Å². The molecule has 8 heteroatoms. The fourth-order valence-electron chi connectivity index (χ4n) is 3.05. The Labute approximate surface area is 159 Å². The second-order valence-corrected chi connectivity index (χ2v) is 7.31. The highest BCUT2D eigenvalue weighted by Gasteiger charge is 2.35. The number of hydrogen-bond donors (Lipinski definition) is 2. The average molecular weight is 382 g/mol. The lowest BCUT2D eigenvalue weighted by atomic mass is 9.99. The summed E-state index contributed by atoms with van der Waals surface area (Å²) in [6, 6.07) is 12.6. The number of benzene rings is 2. The van der Waals surface area contributed by atoms with Gasteiger partial charge in [0.05, 0.1) is 29.0 Å². The summed E-state index contributed by atoms with van der Waals surface area (Å²) < 4.78 is 6.40. The van der Waals surface area contributed by atoms with Crippen molar-refractivity contribution in [2.24, 2.45) is 11.7 Å². The van der Waals surface area contributed by atoms with Crippen LogP contribution in [0.1, 0.15) is 10.4 Å². The van der Waals surface area contributed by atoms with Gasteiger partial charge in [0, 0.05) is 13.1 Å². The molecule has 0 atom stereocenters. The Morgan fingerprint density at radius 2 is 2.00 bits per heavy atom. The van der Waals surface area contributed by atoms with Gasteiger partial charge in [0.1, 0.15) is 11.3 Å². The molecule has 7 nitrogen and oxygen atoms in total. The number of hydrogen-bond acceptors (Lipinski definition) is 6. The molecule has 3 N–H and O–H groups in total. The summed E-state index contributed by atoms with van der Waals surface area (Å²) in [4.78, 5) is 30.7. The molecular weight excluding hydrogens is 364 g/mol. The van der Waals surface area contributed by atoms with Crippen molar-refractivity contribution in [3.8, 4) is 5.75 Å². The van der Waals surface area contributed by atoms with Gasteiger partial charge in [-0.2, -0.15) is 0 Å². The predicted molar refractivity (Wildman–Crippen MR) is 105 cm³/mol. The van der Waals surface area contributed by atoms with Crippen LogP contribution in [0.3, 0.4) is 0 Å². The Hall–Kier alpha value is -3.13. The fourth-order valence-corrected chi connectivity index (χ4v) is 4.06. The van der Waals surface area contributed by atoms with Crippen LogP contribution in [0.5, 0.6) is 5.75 Å². The third-order valence-corrected chi connectivity index (χ3v) is 5.65. The summed E-state index contributed by atoms with van der Waals surface area (Å²) in [6.45, 7) is 1.15. The second kappa shape index (κ2) is 6.88. The molecule has 1 saturated heterocycles. The summed E-state index contributed by atoms with van der Waals surface area (Å²) >= 11 is 1.58. The summed E-state index contributed by atoms with van der Waals surface area (Å²) in [7, 11) is 1.63. The summed E-state index contributed by atoms with van der Waals surface area (Å²) in [6.07, 6.45) is 0. The molecular formula is C19H18N4O3S. The molecule has 2 aromatic carbocycles. The largest absolute Gasteiger partial charge is 0.494 e. The number of ether oxygens (including phenoxy) is 1. The van der Waals surface area contributed by atoms with E-state index in [-0.39, 0.29) is 11.8 Å². The monoisotopic (exact) mass is 382 g/mol. The highest BCUT2D eigenvalue weighted by atomic mass is 32.1. The fraction of sp³-hybridized carbons (Fsp3) is 0.211. The molecule has 2 heterocycles. The standard InChI is InChI=1S/C19H18N4O3S/c1-26-14-7-4-8-15-16(14)22-19(27-15)23-9-11(10-23)18(25)21-13-6-3-2-5-12(13)17(20)24/h2-8,11H,9-10H2,1H3,(H2,20,24)(H,21,25). The number of carbonyl (C=O) groups excluding carboxylic acids is 2. The number of nitrogens with one attached hydrogen (secondary N) is 1. The van der Waals surface area contributed by atoms with Crippen LogP contribution >= 0.6 is 11.3 Å². The van der Waals surface area contributed by atoms with Gasteiger partial charge >= 0.3 is 0 Å². The molecule has 1 fully saturated rings. The van der Waals surface area contributed by atoms with Gasteiger partial charge in [-0.25, -0.2) is 4.98 Å². The van der Waals surface area contributed by atoms with E-state index in [0.717, 1.165) is 21.1 Å². The lowest BCUT2D eigenvalue weighted by Crippen LogP contribution is -2.52. The van der Waals surface area contributed by atoms with Gasteiger partial charge in [-0.15, -0.1) is 0 Å². The van der Waals surface area contributed by atoms with Gasteiger partial charge in [-0.1, -0.05) is 29.5 Å². The number of aromatic nitrogens is 1. The molecule has 0 saturated carbocycles. The van der Waals surface area contributed by atoms with Crippen molar-refractivity contribution in [1.29, 1.82) is 0 Å². The van der Waals surface area contributed by atoms with Crippen LogP contribution < -0.4 is 20.7 Å². The van der Waals surface area contributed by atoms with E-state index in [9.17, 15) is 9.59 Å². The zero-order chi connectivity index (χ0) is 19.0. The van der Waals surface area contributed by atoms with Gasteiger partial charge in [0.15, 0.2) is 5.13 Å². The molecule has 27 heavy (non-hydrogen) atoms. The maximum atomic E-state index is 12.5. The molecule has 0 aliphatic carbocycles. The van der Waals surface area contributed by atoms with Crippen LogP contribution in [0.25, 0.3) is 10.2 Å². The highest BCUT2D eigenvalue weighted by Crippen LogP contribution is 2.36. The zero-order valence-corrected chi connectivity index (χ0v) is 15.5. The average Bonchev–Trinajstić information content (AvgIpc) is 3.04. The number of thiazole rings is 1. The highest BCUT2D eigenvalue weighted by molar-refractivity contribution is 7.22. The molecule has 0 spiro atoms. The van der Waals surface area contributed by atoms with Crippen molar-refractivity contribution < 1.29 is 14.3 Å². The summed E-state index contributed by atoms with van der Waals surface area (Å²) in [5.41, 5.74) is 6.94. The van der Waals surface area contributed by atoms with Gasteiger partial charge in [-0.3, -0.25) is 9.59 Å². The zero-order valence-electron chi connectivity index (χ0n) is 14.6. The molecule has 1 aliphatic rings. The quantitative estimate of drug-likeness (QED) is 0.706. The number of methoxy groups -OCH3 is 1. The molecule has 4 rings (SSSR count). The lowest BCUT2D eigenvalue weighted by molar-refractivity contribution is -0.120. The van der Waals surface area contributed by atoms with Crippen molar-refractivity contribution in [1.82, 2.24) is 4.98 Å². The van der Waals surface area contributed by atoms with Crippen LogP contribution in [-0.2, 0) is 4.79 Å². The second-order valence-electron chi connectivity index (χ2n) is 6.30. The van der Waals surface area contributed by atoms with Gasteiger partial charge in [0.25, 0.3) is 5.91 Å². The number of fused-ring (bicyclic) bond motifs is 1. The Kier molecular flexibility index (Phi) is 4.41. The first-order valence-corrected chi connectivity index (χ1v) is 9.26.